The van der Waals surface area contributed by atoms with E-state index >= 15 is 0 Å². The van der Waals surface area contributed by atoms with Gasteiger partial charge in [-0.2, -0.15) is 0 Å². The number of anilines is 1. The van der Waals surface area contributed by atoms with Gasteiger partial charge < -0.3 is 14.4 Å². The van der Waals surface area contributed by atoms with E-state index in [1.807, 2.05) is 6.20 Å². The summed E-state index contributed by atoms with van der Waals surface area (Å²) >= 11 is 1.76. The number of pyridine rings is 1. The molecule has 3 aromatic rings. The Kier molecular flexibility index (Phi) is 3.58. The molecule has 1 aromatic carbocycles. The lowest BCUT2D eigenvalue weighted by molar-refractivity contribution is 0.353. The van der Waals surface area contributed by atoms with E-state index in [0.29, 0.717) is 0 Å². The van der Waals surface area contributed by atoms with Crippen molar-refractivity contribution in [2.45, 2.75) is 13.0 Å². The number of hydrogen-bond acceptors (Lipinski definition) is 5. The van der Waals surface area contributed by atoms with Gasteiger partial charge in [0.1, 0.15) is 5.82 Å². The zero-order valence-electron chi connectivity index (χ0n) is 13.2. The van der Waals surface area contributed by atoms with Crippen molar-refractivity contribution in [2.24, 2.45) is 0 Å². The maximum Gasteiger partial charge on any atom is 0.161 e. The Labute approximate surface area is 139 Å². The topological polar surface area (TPSA) is 34.6 Å². The van der Waals surface area contributed by atoms with Crippen LogP contribution in [0.2, 0.25) is 0 Å². The number of fused-ring (bicyclic) bond motifs is 2. The highest BCUT2D eigenvalue weighted by Crippen LogP contribution is 2.36. The minimum Gasteiger partial charge on any atom is -0.493 e. The minimum absolute atomic E-state index is 0.787. The van der Waals surface area contributed by atoms with Gasteiger partial charge in [0.25, 0.3) is 0 Å². The molecule has 2 aromatic heterocycles. The van der Waals surface area contributed by atoms with Crippen LogP contribution in [0.15, 0.2) is 35.8 Å². The Morgan fingerprint density at radius 2 is 1.87 bits per heavy atom. The van der Waals surface area contributed by atoms with Crippen molar-refractivity contribution in [2.75, 3.05) is 25.7 Å². The zero-order valence-corrected chi connectivity index (χ0v) is 14.0. The molecule has 118 valence electrons. The molecule has 0 saturated carbocycles. The highest BCUT2D eigenvalue weighted by molar-refractivity contribution is 7.17. The van der Waals surface area contributed by atoms with Gasteiger partial charge in [-0.15, -0.1) is 11.3 Å². The molecule has 0 atom stereocenters. The highest BCUT2D eigenvalue weighted by Gasteiger charge is 2.21. The molecule has 1 aliphatic heterocycles. The second kappa shape index (κ2) is 5.74. The number of aromatic nitrogens is 1. The van der Waals surface area contributed by atoms with Crippen LogP contribution in [0.1, 0.15) is 11.1 Å². The van der Waals surface area contributed by atoms with E-state index in [4.69, 9.17) is 9.47 Å². The number of ether oxygens (including phenoxy) is 2. The molecule has 1 aliphatic rings. The quantitative estimate of drug-likeness (QED) is 0.732. The van der Waals surface area contributed by atoms with Gasteiger partial charge in [0, 0.05) is 29.4 Å². The summed E-state index contributed by atoms with van der Waals surface area (Å²) in [5.74, 6) is 2.66. The lowest BCUT2D eigenvalue weighted by Gasteiger charge is -2.31. The van der Waals surface area contributed by atoms with E-state index < -0.39 is 0 Å². The fourth-order valence-corrected chi connectivity index (χ4v) is 3.97. The van der Waals surface area contributed by atoms with Crippen molar-refractivity contribution < 1.29 is 9.47 Å². The minimum atomic E-state index is 0.787. The van der Waals surface area contributed by atoms with Crippen LogP contribution in [0.4, 0.5) is 5.82 Å². The van der Waals surface area contributed by atoms with Crippen LogP contribution in [0.25, 0.3) is 10.1 Å². The van der Waals surface area contributed by atoms with Crippen molar-refractivity contribution >= 4 is 27.2 Å². The second-order valence-electron chi connectivity index (χ2n) is 5.61. The third-order valence-corrected chi connectivity index (χ3v) is 5.26. The van der Waals surface area contributed by atoms with E-state index in [-0.39, 0.29) is 0 Å². The van der Waals surface area contributed by atoms with Gasteiger partial charge in [-0.1, -0.05) is 0 Å². The number of benzene rings is 1. The number of thiophene rings is 1. The van der Waals surface area contributed by atoms with Gasteiger partial charge in [0.05, 0.1) is 14.2 Å². The molecule has 0 amide bonds. The average Bonchev–Trinajstić information content (AvgIpc) is 3.08. The second-order valence-corrected chi connectivity index (χ2v) is 6.56. The zero-order chi connectivity index (χ0) is 15.8. The number of nitrogens with zero attached hydrogens (tertiary/aromatic N) is 2. The molecule has 0 bridgehead atoms. The first-order valence-electron chi connectivity index (χ1n) is 7.61. The van der Waals surface area contributed by atoms with E-state index in [1.54, 1.807) is 25.6 Å². The van der Waals surface area contributed by atoms with Crippen molar-refractivity contribution in [1.82, 2.24) is 4.98 Å². The van der Waals surface area contributed by atoms with Gasteiger partial charge >= 0.3 is 0 Å². The van der Waals surface area contributed by atoms with Crippen molar-refractivity contribution in [1.29, 1.82) is 0 Å². The van der Waals surface area contributed by atoms with Crippen LogP contribution >= 0.6 is 11.3 Å². The summed E-state index contributed by atoms with van der Waals surface area (Å²) in [5, 5.41) is 3.36. The summed E-state index contributed by atoms with van der Waals surface area (Å²) in [7, 11) is 3.36. The summed E-state index contributed by atoms with van der Waals surface area (Å²) in [6.07, 6.45) is 2.89. The standard InChI is InChI=1S/C18H18N2O2S/c1-21-15-9-12-4-7-20(11-13(12)10-16(15)22-2)18-14-5-8-23-17(14)3-6-19-18/h3,5-6,8-10H,4,7,11H2,1-2H3. The van der Waals surface area contributed by atoms with Crippen LogP contribution in [0, 0.1) is 0 Å². The molecule has 0 fully saturated rings. The molecule has 0 saturated heterocycles. The Morgan fingerprint density at radius 1 is 1.09 bits per heavy atom. The third-order valence-electron chi connectivity index (χ3n) is 4.38. The maximum atomic E-state index is 5.44. The Hall–Kier alpha value is -2.27. The van der Waals surface area contributed by atoms with E-state index in [2.05, 4.69) is 39.5 Å². The van der Waals surface area contributed by atoms with Gasteiger partial charge in [-0.3, -0.25) is 0 Å². The predicted octanol–water partition coefficient (Wildman–Crippen LogP) is 3.88. The molecule has 23 heavy (non-hydrogen) atoms. The molecule has 0 radical (unpaired) electrons. The normalized spacial score (nSPS) is 13.9. The Balaban J connectivity index is 1.72. The summed E-state index contributed by atoms with van der Waals surface area (Å²) in [5.41, 5.74) is 2.61. The molecule has 5 heteroatoms. The van der Waals surface area contributed by atoms with Crippen molar-refractivity contribution in [3.63, 3.8) is 0 Å². The number of hydrogen-bond donors (Lipinski definition) is 0. The predicted molar refractivity (Wildman–Crippen MR) is 93.9 cm³/mol. The first-order valence-corrected chi connectivity index (χ1v) is 8.49. The Bertz CT molecular complexity index is 859. The molecule has 0 unspecified atom stereocenters. The van der Waals surface area contributed by atoms with E-state index in [9.17, 15) is 0 Å². The molecular weight excluding hydrogens is 308 g/mol. The smallest absolute Gasteiger partial charge is 0.161 e. The summed E-state index contributed by atoms with van der Waals surface area (Å²) < 4.78 is 12.1. The van der Waals surface area contributed by atoms with Gasteiger partial charge in [0.2, 0.25) is 0 Å². The van der Waals surface area contributed by atoms with Gasteiger partial charge in [-0.05, 0) is 47.2 Å². The lowest BCUT2D eigenvalue weighted by atomic mass is 9.98. The molecule has 0 N–H and O–H groups in total. The van der Waals surface area contributed by atoms with Crippen LogP contribution in [-0.4, -0.2) is 25.7 Å². The molecular formula is C18H18N2O2S. The Morgan fingerprint density at radius 3 is 2.65 bits per heavy atom. The van der Waals surface area contributed by atoms with E-state index in [0.717, 1.165) is 36.8 Å². The average molecular weight is 326 g/mol. The maximum absolute atomic E-state index is 5.44. The van der Waals surface area contributed by atoms with Crippen LogP contribution in [0.3, 0.4) is 0 Å². The van der Waals surface area contributed by atoms with E-state index in [1.165, 1.54) is 21.2 Å². The molecule has 4 nitrogen and oxygen atoms in total. The monoisotopic (exact) mass is 326 g/mol. The summed E-state index contributed by atoms with van der Waals surface area (Å²) in [6, 6.07) is 8.43. The first kappa shape index (κ1) is 14.3. The van der Waals surface area contributed by atoms with Crippen molar-refractivity contribution in [3.05, 3.63) is 47.0 Å². The molecule has 3 heterocycles. The molecule has 4 rings (SSSR count). The number of rotatable bonds is 3. The molecule has 0 aliphatic carbocycles. The van der Waals surface area contributed by atoms with Gasteiger partial charge in [0.15, 0.2) is 11.5 Å². The fraction of sp³-hybridized carbons (Fsp3) is 0.278. The molecule has 0 spiro atoms. The van der Waals surface area contributed by atoms with Gasteiger partial charge in [-0.25, -0.2) is 4.98 Å². The SMILES string of the molecule is COc1cc2c(cc1OC)CN(c1nccc3sccc13)CC2. The lowest BCUT2D eigenvalue weighted by Crippen LogP contribution is -2.31. The number of methoxy groups -OCH3 is 2. The third kappa shape index (κ3) is 2.41. The van der Waals surface area contributed by atoms with Crippen molar-refractivity contribution in [3.8, 4) is 11.5 Å². The summed E-state index contributed by atoms with van der Waals surface area (Å²) in [6.45, 7) is 1.81. The fourth-order valence-electron chi connectivity index (χ4n) is 3.20. The van der Waals surface area contributed by atoms with Crippen LogP contribution in [0.5, 0.6) is 11.5 Å². The van der Waals surface area contributed by atoms with Crippen LogP contribution < -0.4 is 14.4 Å². The first-order chi connectivity index (χ1) is 11.3. The van der Waals surface area contributed by atoms with Crippen LogP contribution in [-0.2, 0) is 13.0 Å². The highest BCUT2D eigenvalue weighted by atomic mass is 32.1. The summed E-state index contributed by atoms with van der Waals surface area (Å²) in [4.78, 5) is 6.98. The largest absolute Gasteiger partial charge is 0.493 e.